The van der Waals surface area contributed by atoms with Crippen LogP contribution in [0.1, 0.15) is 12.5 Å². The normalized spacial score (nSPS) is 14.6. The molecule has 4 rings (SSSR count). The summed E-state index contributed by atoms with van der Waals surface area (Å²) in [5.74, 6) is -0.537. The third-order valence-corrected chi connectivity index (χ3v) is 4.63. The molecule has 0 amide bonds. The molecule has 0 spiro atoms. The number of ether oxygens (including phenoxy) is 1. The highest BCUT2D eigenvalue weighted by molar-refractivity contribution is 5.81. The number of rotatable bonds is 5. The molecule has 0 saturated heterocycles. The Morgan fingerprint density at radius 2 is 1.82 bits per heavy atom. The monoisotopic (exact) mass is 380 g/mol. The smallest absolute Gasteiger partial charge is 0.270 e. The van der Waals surface area contributed by atoms with Gasteiger partial charge in [-0.1, -0.05) is 30.3 Å². The van der Waals surface area contributed by atoms with E-state index in [0.717, 1.165) is 22.7 Å². The lowest BCUT2D eigenvalue weighted by molar-refractivity contribution is -0.119. The second kappa shape index (κ2) is 7.05. The van der Waals surface area contributed by atoms with Gasteiger partial charge in [-0.2, -0.15) is 9.49 Å². The first kappa shape index (κ1) is 18.1. The van der Waals surface area contributed by atoms with Crippen molar-refractivity contribution < 1.29 is 18.6 Å². The number of para-hydroxylation sites is 1. The van der Waals surface area contributed by atoms with Crippen molar-refractivity contribution in [2.45, 2.75) is 18.9 Å². The highest BCUT2D eigenvalue weighted by atomic mass is 19.1. The Morgan fingerprint density at radius 1 is 1.04 bits per heavy atom. The second-order valence-corrected chi connectivity index (χ2v) is 6.70. The molecule has 0 aliphatic rings. The van der Waals surface area contributed by atoms with Crippen LogP contribution in [0.2, 0.25) is 0 Å². The highest BCUT2D eigenvalue weighted by Gasteiger charge is 2.36. The third-order valence-electron chi connectivity index (χ3n) is 4.63. The minimum atomic E-state index is -2.09. The van der Waals surface area contributed by atoms with Crippen LogP contribution in [0.5, 0.6) is 5.75 Å². The Bertz CT molecular complexity index is 1110. The lowest BCUT2D eigenvalue weighted by Gasteiger charge is -2.28. The molecule has 4 aromatic rings. The molecule has 1 aromatic heterocycles. The molecular formula is C22H18F2N2O2. The first-order chi connectivity index (χ1) is 13.4. The van der Waals surface area contributed by atoms with Crippen LogP contribution in [0.15, 0.2) is 79.0 Å². The number of halogens is 2. The van der Waals surface area contributed by atoms with E-state index < -0.39 is 17.8 Å². The van der Waals surface area contributed by atoms with E-state index in [1.807, 2.05) is 30.3 Å². The molecule has 1 N–H and O–H groups in total. The van der Waals surface area contributed by atoms with Crippen LogP contribution < -0.4 is 4.74 Å². The molecule has 4 nitrogen and oxygen atoms in total. The van der Waals surface area contributed by atoms with Crippen molar-refractivity contribution in [3.05, 3.63) is 90.4 Å². The van der Waals surface area contributed by atoms with E-state index in [0.29, 0.717) is 5.56 Å². The van der Waals surface area contributed by atoms with Crippen LogP contribution in [-0.4, -0.2) is 21.2 Å². The number of benzene rings is 3. The Hall–Kier alpha value is -3.25. The van der Waals surface area contributed by atoms with Gasteiger partial charge in [-0.3, -0.25) is 0 Å². The number of alkyl halides is 1. The average molecular weight is 380 g/mol. The van der Waals surface area contributed by atoms with E-state index in [9.17, 15) is 13.9 Å². The molecule has 2 unspecified atom stereocenters. The number of aliphatic hydroxyl groups is 1. The average Bonchev–Trinajstić information content (AvgIpc) is 3.12. The largest absolute Gasteiger partial charge is 0.457 e. The predicted molar refractivity (Wildman–Crippen MR) is 103 cm³/mol. The number of aromatic nitrogens is 2. The van der Waals surface area contributed by atoms with Gasteiger partial charge in [-0.05, 0) is 48.9 Å². The fourth-order valence-corrected chi connectivity index (χ4v) is 3.03. The lowest BCUT2D eigenvalue weighted by atomic mass is 9.95. The first-order valence-corrected chi connectivity index (χ1v) is 8.77. The zero-order valence-corrected chi connectivity index (χ0v) is 15.1. The molecule has 0 fully saturated rings. The van der Waals surface area contributed by atoms with E-state index in [4.69, 9.17) is 4.74 Å². The number of hydrogen-bond donors (Lipinski definition) is 1. The van der Waals surface area contributed by atoms with Crippen molar-refractivity contribution in [2.24, 2.45) is 0 Å². The standard InChI is InChI=1S/C22H18F2N2O2/c1-22(27,21(24)28-19-9-5-6-17(23)13-19)16-10-11-20-15(12-16)14-25-26(20)18-7-3-2-4-8-18/h2-14,21,27H,1H3. The summed E-state index contributed by atoms with van der Waals surface area (Å²) in [5.41, 5.74) is 0.119. The van der Waals surface area contributed by atoms with Crippen molar-refractivity contribution in [3.8, 4) is 11.4 Å². The van der Waals surface area contributed by atoms with Crippen molar-refractivity contribution in [3.63, 3.8) is 0 Å². The van der Waals surface area contributed by atoms with Gasteiger partial charge in [0, 0.05) is 11.5 Å². The summed E-state index contributed by atoms with van der Waals surface area (Å²) in [6.07, 6.45) is -0.432. The minimum absolute atomic E-state index is 0.00532. The summed E-state index contributed by atoms with van der Waals surface area (Å²) in [5, 5.41) is 15.9. The highest BCUT2D eigenvalue weighted by Crippen LogP contribution is 2.31. The Morgan fingerprint density at radius 3 is 2.57 bits per heavy atom. The molecule has 3 aromatic carbocycles. The summed E-state index contributed by atoms with van der Waals surface area (Å²) in [6.45, 7) is 1.32. The van der Waals surface area contributed by atoms with E-state index in [1.54, 1.807) is 29.1 Å². The van der Waals surface area contributed by atoms with Crippen molar-refractivity contribution in [1.82, 2.24) is 9.78 Å². The van der Waals surface area contributed by atoms with Crippen LogP contribution in [-0.2, 0) is 5.60 Å². The quantitative estimate of drug-likeness (QED) is 0.544. The third kappa shape index (κ3) is 3.34. The van der Waals surface area contributed by atoms with Gasteiger partial charge < -0.3 is 9.84 Å². The maximum atomic E-state index is 14.7. The Labute approximate surface area is 160 Å². The number of hydrogen-bond acceptors (Lipinski definition) is 3. The first-order valence-electron chi connectivity index (χ1n) is 8.77. The van der Waals surface area contributed by atoms with Gasteiger partial charge in [-0.25, -0.2) is 9.07 Å². The molecule has 6 heteroatoms. The van der Waals surface area contributed by atoms with Crippen molar-refractivity contribution in [1.29, 1.82) is 0 Å². The molecular weight excluding hydrogens is 362 g/mol. The van der Waals surface area contributed by atoms with Gasteiger partial charge in [0.15, 0.2) is 5.60 Å². The molecule has 0 aliphatic heterocycles. The molecule has 2 atom stereocenters. The van der Waals surface area contributed by atoms with Gasteiger partial charge in [-0.15, -0.1) is 0 Å². The van der Waals surface area contributed by atoms with Crippen LogP contribution in [0.25, 0.3) is 16.6 Å². The van der Waals surface area contributed by atoms with Gasteiger partial charge in [0.05, 0.1) is 17.4 Å². The van der Waals surface area contributed by atoms with Gasteiger partial charge >= 0.3 is 0 Å². The zero-order chi connectivity index (χ0) is 19.7. The Kier molecular flexibility index (Phi) is 4.57. The predicted octanol–water partition coefficient (Wildman–Crippen LogP) is 4.75. The molecule has 142 valence electrons. The lowest BCUT2D eigenvalue weighted by Crippen LogP contribution is -2.37. The maximum absolute atomic E-state index is 14.7. The van der Waals surface area contributed by atoms with Crippen LogP contribution in [0.3, 0.4) is 0 Å². The summed E-state index contributed by atoms with van der Waals surface area (Å²) >= 11 is 0. The molecule has 28 heavy (non-hydrogen) atoms. The van der Waals surface area contributed by atoms with Crippen molar-refractivity contribution >= 4 is 10.9 Å². The van der Waals surface area contributed by atoms with Crippen LogP contribution in [0.4, 0.5) is 8.78 Å². The number of nitrogens with zero attached hydrogens (tertiary/aromatic N) is 2. The fraction of sp³-hybridized carbons (Fsp3) is 0.136. The summed E-state index contributed by atoms with van der Waals surface area (Å²) < 4.78 is 34.9. The summed E-state index contributed by atoms with van der Waals surface area (Å²) in [6, 6.07) is 19.8. The van der Waals surface area contributed by atoms with Gasteiger partial charge in [0.2, 0.25) is 0 Å². The summed E-state index contributed by atoms with van der Waals surface area (Å²) in [4.78, 5) is 0. The molecule has 0 saturated carbocycles. The van der Waals surface area contributed by atoms with E-state index >= 15 is 0 Å². The van der Waals surface area contributed by atoms with Crippen molar-refractivity contribution in [2.75, 3.05) is 0 Å². The van der Waals surface area contributed by atoms with E-state index in [1.165, 1.54) is 25.1 Å². The number of fused-ring (bicyclic) bond motifs is 1. The van der Waals surface area contributed by atoms with Gasteiger partial charge in [0.1, 0.15) is 11.6 Å². The van der Waals surface area contributed by atoms with E-state index in [-0.39, 0.29) is 5.75 Å². The topological polar surface area (TPSA) is 47.3 Å². The second-order valence-electron chi connectivity index (χ2n) is 6.70. The molecule has 0 radical (unpaired) electrons. The minimum Gasteiger partial charge on any atom is -0.457 e. The molecule has 0 aliphatic carbocycles. The van der Waals surface area contributed by atoms with Crippen LogP contribution in [0, 0.1) is 5.82 Å². The Balaban J connectivity index is 1.64. The van der Waals surface area contributed by atoms with Gasteiger partial charge in [0.25, 0.3) is 6.36 Å². The molecule has 1 heterocycles. The maximum Gasteiger partial charge on any atom is 0.270 e. The molecule has 0 bridgehead atoms. The SMILES string of the molecule is CC(O)(c1ccc2c(cnn2-c2ccccc2)c1)C(F)Oc1cccc(F)c1. The zero-order valence-electron chi connectivity index (χ0n) is 15.1. The van der Waals surface area contributed by atoms with Crippen LogP contribution >= 0.6 is 0 Å². The summed E-state index contributed by atoms with van der Waals surface area (Å²) in [7, 11) is 0. The fourth-order valence-electron chi connectivity index (χ4n) is 3.03. The van der Waals surface area contributed by atoms with E-state index in [2.05, 4.69) is 5.10 Å².